The summed E-state index contributed by atoms with van der Waals surface area (Å²) in [5.74, 6) is -2.33. The Morgan fingerprint density at radius 3 is 2.00 bits per heavy atom. The van der Waals surface area contributed by atoms with E-state index in [1.165, 1.54) is 18.2 Å². The fourth-order valence-corrected chi connectivity index (χ4v) is 2.84. The minimum atomic E-state index is -0.772. The summed E-state index contributed by atoms with van der Waals surface area (Å²) in [7, 11) is 0. The first kappa shape index (κ1) is 20.7. The van der Waals surface area contributed by atoms with E-state index in [-0.39, 0.29) is 17.9 Å². The zero-order chi connectivity index (χ0) is 21.3. The maximum atomic E-state index is 13.7. The molecule has 0 unspecified atom stereocenters. The second-order valence-corrected chi connectivity index (χ2v) is 6.49. The molecule has 6 nitrogen and oxygen atoms in total. The van der Waals surface area contributed by atoms with Gasteiger partial charge in [0.2, 0.25) is 5.91 Å². The van der Waals surface area contributed by atoms with Crippen LogP contribution in [0.5, 0.6) is 0 Å². The van der Waals surface area contributed by atoms with Crippen molar-refractivity contribution in [3.63, 3.8) is 0 Å². The maximum Gasteiger partial charge on any atom is 0.272 e. The number of carbonyl (C=O) groups is 3. The first-order chi connectivity index (χ1) is 14.5. The summed E-state index contributed by atoms with van der Waals surface area (Å²) >= 11 is 0. The van der Waals surface area contributed by atoms with Crippen LogP contribution in [-0.2, 0) is 4.79 Å². The Bertz CT molecular complexity index is 1030. The lowest BCUT2D eigenvalue weighted by Crippen LogP contribution is -2.43. The predicted octanol–water partition coefficient (Wildman–Crippen LogP) is 3.15. The van der Waals surface area contributed by atoms with Gasteiger partial charge in [0.1, 0.15) is 5.82 Å². The van der Waals surface area contributed by atoms with Crippen LogP contribution in [0.4, 0.5) is 4.39 Å². The molecule has 3 aromatic rings. The molecule has 0 aliphatic carbocycles. The van der Waals surface area contributed by atoms with Crippen LogP contribution in [0.15, 0.2) is 84.9 Å². The highest BCUT2D eigenvalue weighted by Crippen LogP contribution is 2.17. The molecular weight excluding hydrogens is 385 g/mol. The molecule has 0 saturated carbocycles. The molecule has 7 heteroatoms. The van der Waals surface area contributed by atoms with E-state index in [0.29, 0.717) is 5.56 Å². The summed E-state index contributed by atoms with van der Waals surface area (Å²) in [6, 6.07) is 22.5. The number of hydrazine groups is 1. The molecular formula is C23H20FN3O3. The molecule has 1 atom stereocenters. The average molecular weight is 405 g/mol. The van der Waals surface area contributed by atoms with Gasteiger partial charge in [-0.1, -0.05) is 60.7 Å². The standard InChI is InChI=1S/C23H20FN3O3/c24-19-14-8-7-13-18(19)23(30)27-26-21(28)15-20(16-9-3-1-4-10-16)25-22(29)17-11-5-2-6-12-17/h1-14,20H,15H2,(H,25,29)(H,26,28)(H,27,30)/t20-/m1/s1. The third-order valence-electron chi connectivity index (χ3n) is 4.37. The largest absolute Gasteiger partial charge is 0.345 e. The van der Waals surface area contributed by atoms with Crippen molar-refractivity contribution in [3.05, 3.63) is 107 Å². The number of carbonyl (C=O) groups excluding carboxylic acids is 3. The number of amides is 3. The molecule has 0 aliphatic rings. The normalized spacial score (nSPS) is 11.2. The maximum absolute atomic E-state index is 13.7. The number of halogens is 1. The summed E-state index contributed by atoms with van der Waals surface area (Å²) in [5.41, 5.74) is 5.47. The number of nitrogens with one attached hydrogen (secondary N) is 3. The van der Waals surface area contributed by atoms with E-state index < -0.39 is 23.7 Å². The first-order valence-electron chi connectivity index (χ1n) is 9.29. The predicted molar refractivity (Wildman–Crippen MR) is 110 cm³/mol. The van der Waals surface area contributed by atoms with E-state index in [1.807, 2.05) is 6.07 Å². The SMILES string of the molecule is O=C(C[C@@H](NC(=O)c1ccccc1)c1ccccc1)NNC(=O)c1ccccc1F. The zero-order valence-corrected chi connectivity index (χ0v) is 16.0. The van der Waals surface area contributed by atoms with Crippen LogP contribution >= 0.6 is 0 Å². The van der Waals surface area contributed by atoms with Crippen molar-refractivity contribution in [1.29, 1.82) is 0 Å². The van der Waals surface area contributed by atoms with Crippen molar-refractivity contribution < 1.29 is 18.8 Å². The van der Waals surface area contributed by atoms with Gasteiger partial charge in [0.05, 0.1) is 18.0 Å². The summed E-state index contributed by atoms with van der Waals surface area (Å²) in [6.07, 6.45) is -0.125. The molecule has 3 aromatic carbocycles. The van der Waals surface area contributed by atoms with Crippen molar-refractivity contribution in [3.8, 4) is 0 Å². The Balaban J connectivity index is 1.65. The third kappa shape index (κ3) is 5.51. The number of hydrogen-bond acceptors (Lipinski definition) is 3. The Labute approximate surface area is 173 Å². The molecule has 0 saturated heterocycles. The number of benzene rings is 3. The molecule has 3 N–H and O–H groups in total. The van der Waals surface area contributed by atoms with Crippen LogP contribution in [0.25, 0.3) is 0 Å². The van der Waals surface area contributed by atoms with E-state index in [0.717, 1.165) is 11.6 Å². The lowest BCUT2D eigenvalue weighted by Gasteiger charge is -2.19. The lowest BCUT2D eigenvalue weighted by molar-refractivity contribution is -0.122. The second-order valence-electron chi connectivity index (χ2n) is 6.49. The van der Waals surface area contributed by atoms with Crippen LogP contribution in [0.1, 0.15) is 38.7 Å². The van der Waals surface area contributed by atoms with Crippen LogP contribution < -0.4 is 16.2 Å². The van der Waals surface area contributed by atoms with Gasteiger partial charge in [0.15, 0.2) is 0 Å². The van der Waals surface area contributed by atoms with Crippen LogP contribution in [-0.4, -0.2) is 17.7 Å². The molecule has 0 fully saturated rings. The van der Waals surface area contributed by atoms with Gasteiger partial charge in [0, 0.05) is 5.56 Å². The van der Waals surface area contributed by atoms with Crippen molar-refractivity contribution in [1.82, 2.24) is 16.2 Å². The van der Waals surface area contributed by atoms with E-state index in [2.05, 4.69) is 16.2 Å². The Kier molecular flexibility index (Phi) is 6.89. The minimum Gasteiger partial charge on any atom is -0.345 e. The zero-order valence-electron chi connectivity index (χ0n) is 16.0. The van der Waals surface area contributed by atoms with Gasteiger partial charge in [-0.3, -0.25) is 25.2 Å². The number of hydrogen-bond donors (Lipinski definition) is 3. The molecule has 3 rings (SSSR count). The molecule has 0 heterocycles. The molecule has 0 spiro atoms. The van der Waals surface area contributed by atoms with Crippen molar-refractivity contribution in [2.45, 2.75) is 12.5 Å². The highest BCUT2D eigenvalue weighted by molar-refractivity contribution is 5.96. The summed E-state index contributed by atoms with van der Waals surface area (Å²) in [5, 5.41) is 2.84. The van der Waals surface area contributed by atoms with Gasteiger partial charge in [0.25, 0.3) is 11.8 Å². The topological polar surface area (TPSA) is 87.3 Å². The lowest BCUT2D eigenvalue weighted by atomic mass is 10.0. The Hall–Kier alpha value is -4.00. The fraction of sp³-hybridized carbons (Fsp3) is 0.0870. The van der Waals surface area contributed by atoms with Gasteiger partial charge in [-0.25, -0.2) is 4.39 Å². The molecule has 152 valence electrons. The highest BCUT2D eigenvalue weighted by Gasteiger charge is 2.20. The summed E-state index contributed by atoms with van der Waals surface area (Å²) < 4.78 is 13.7. The molecule has 30 heavy (non-hydrogen) atoms. The van der Waals surface area contributed by atoms with Crippen LogP contribution in [0.3, 0.4) is 0 Å². The van der Waals surface area contributed by atoms with Crippen LogP contribution in [0.2, 0.25) is 0 Å². The monoisotopic (exact) mass is 405 g/mol. The molecule has 0 radical (unpaired) electrons. The third-order valence-corrected chi connectivity index (χ3v) is 4.37. The van der Waals surface area contributed by atoms with Gasteiger partial charge in [-0.05, 0) is 29.8 Å². The van der Waals surface area contributed by atoms with E-state index in [1.54, 1.807) is 54.6 Å². The van der Waals surface area contributed by atoms with Gasteiger partial charge >= 0.3 is 0 Å². The smallest absolute Gasteiger partial charge is 0.272 e. The Morgan fingerprint density at radius 2 is 1.33 bits per heavy atom. The van der Waals surface area contributed by atoms with Crippen LogP contribution in [0, 0.1) is 5.82 Å². The van der Waals surface area contributed by atoms with Gasteiger partial charge in [-0.15, -0.1) is 0 Å². The van der Waals surface area contributed by atoms with Gasteiger partial charge in [-0.2, -0.15) is 0 Å². The molecule has 0 bridgehead atoms. The second kappa shape index (κ2) is 9.97. The van der Waals surface area contributed by atoms with E-state index in [9.17, 15) is 18.8 Å². The molecule has 3 amide bonds. The Morgan fingerprint density at radius 1 is 0.733 bits per heavy atom. The minimum absolute atomic E-state index is 0.125. The first-order valence-corrected chi connectivity index (χ1v) is 9.29. The quantitative estimate of drug-likeness (QED) is 0.551. The molecule has 0 aliphatic heterocycles. The van der Waals surface area contributed by atoms with Gasteiger partial charge < -0.3 is 5.32 Å². The highest BCUT2D eigenvalue weighted by atomic mass is 19.1. The van der Waals surface area contributed by atoms with Crippen molar-refractivity contribution in [2.24, 2.45) is 0 Å². The van der Waals surface area contributed by atoms with Crippen molar-refractivity contribution >= 4 is 17.7 Å². The van der Waals surface area contributed by atoms with E-state index in [4.69, 9.17) is 0 Å². The van der Waals surface area contributed by atoms with Crippen molar-refractivity contribution in [2.75, 3.05) is 0 Å². The number of rotatable bonds is 6. The van der Waals surface area contributed by atoms with E-state index >= 15 is 0 Å². The summed E-state index contributed by atoms with van der Waals surface area (Å²) in [6.45, 7) is 0. The molecule has 0 aromatic heterocycles. The fourth-order valence-electron chi connectivity index (χ4n) is 2.84. The summed E-state index contributed by atoms with van der Waals surface area (Å²) in [4.78, 5) is 37.0. The average Bonchev–Trinajstić information content (AvgIpc) is 2.78.